The second kappa shape index (κ2) is 10.1. The molecular weight excluding hydrogens is 338 g/mol. The Morgan fingerprint density at radius 1 is 0.704 bits per heavy atom. The maximum atomic E-state index is 5.86. The lowest BCUT2D eigenvalue weighted by Gasteiger charge is -2.11. The van der Waals surface area contributed by atoms with Gasteiger partial charge in [-0.2, -0.15) is 0 Å². The number of nitrogens with one attached hydrogen (secondary N) is 1. The summed E-state index contributed by atoms with van der Waals surface area (Å²) in [7, 11) is 1.65. The minimum Gasteiger partial charge on any atom is -0.497 e. The Labute approximate surface area is 160 Å². The van der Waals surface area contributed by atoms with Crippen molar-refractivity contribution in [3.05, 3.63) is 84.4 Å². The maximum absolute atomic E-state index is 5.86. The van der Waals surface area contributed by atoms with Gasteiger partial charge in [0.25, 0.3) is 0 Å². The minimum absolute atomic E-state index is 0.575. The molecule has 0 heterocycles. The fraction of sp³-hybridized carbons (Fsp3) is 0.217. The summed E-state index contributed by atoms with van der Waals surface area (Å²) < 4.78 is 16.7. The molecule has 4 nitrogen and oxygen atoms in total. The van der Waals surface area contributed by atoms with Crippen LogP contribution in [0.2, 0.25) is 0 Å². The first kappa shape index (κ1) is 18.6. The molecule has 3 aromatic carbocycles. The minimum atomic E-state index is 0.575. The van der Waals surface area contributed by atoms with Gasteiger partial charge in [-0.25, -0.2) is 0 Å². The molecule has 1 N–H and O–H groups in total. The van der Waals surface area contributed by atoms with Crippen molar-refractivity contribution < 1.29 is 14.2 Å². The van der Waals surface area contributed by atoms with E-state index in [1.807, 2.05) is 66.7 Å². The Hall–Kier alpha value is -3.14. The van der Waals surface area contributed by atoms with Crippen LogP contribution in [0.1, 0.15) is 5.56 Å². The Morgan fingerprint density at radius 3 is 2.22 bits per heavy atom. The summed E-state index contributed by atoms with van der Waals surface area (Å²) in [6.45, 7) is 1.94. The molecule has 0 saturated carbocycles. The fourth-order valence-electron chi connectivity index (χ4n) is 2.66. The second-order valence-corrected chi connectivity index (χ2v) is 6.06. The molecule has 0 aromatic heterocycles. The van der Waals surface area contributed by atoms with Crippen LogP contribution in [-0.2, 0) is 6.42 Å². The average molecular weight is 363 g/mol. The first-order chi connectivity index (χ1) is 13.3. The van der Waals surface area contributed by atoms with Gasteiger partial charge in [0.15, 0.2) is 0 Å². The number of hydrogen-bond donors (Lipinski definition) is 1. The van der Waals surface area contributed by atoms with Crippen molar-refractivity contribution in [3.63, 3.8) is 0 Å². The van der Waals surface area contributed by atoms with Crippen LogP contribution in [0.4, 0.5) is 5.69 Å². The Bertz CT molecular complexity index is 803. The van der Waals surface area contributed by atoms with E-state index in [1.165, 1.54) is 5.56 Å². The molecule has 0 radical (unpaired) electrons. The number of ether oxygens (including phenoxy) is 3. The van der Waals surface area contributed by atoms with Crippen LogP contribution in [0.5, 0.6) is 17.2 Å². The molecule has 3 rings (SSSR count). The van der Waals surface area contributed by atoms with Crippen LogP contribution in [0.3, 0.4) is 0 Å². The van der Waals surface area contributed by atoms with E-state index >= 15 is 0 Å². The standard InChI is InChI=1S/C23H25NO3/c1-25-21-10-12-22(13-11-21)27-17-15-24-20-8-5-9-23(18-20)26-16-14-19-6-3-2-4-7-19/h2-13,18,24H,14-17H2,1H3. The van der Waals surface area contributed by atoms with E-state index in [1.54, 1.807) is 7.11 Å². The summed E-state index contributed by atoms with van der Waals surface area (Å²) in [6.07, 6.45) is 0.897. The predicted octanol–water partition coefficient (Wildman–Crippen LogP) is 4.81. The van der Waals surface area contributed by atoms with Crippen LogP contribution in [0.25, 0.3) is 0 Å². The molecule has 0 atom stereocenters. The van der Waals surface area contributed by atoms with Gasteiger partial charge in [-0.05, 0) is 42.0 Å². The SMILES string of the molecule is COc1ccc(OCCNc2cccc(OCCc3ccccc3)c2)cc1. The lowest BCUT2D eigenvalue weighted by Crippen LogP contribution is -2.11. The van der Waals surface area contributed by atoms with Crippen molar-refractivity contribution in [2.45, 2.75) is 6.42 Å². The Morgan fingerprint density at radius 2 is 1.44 bits per heavy atom. The molecule has 0 aliphatic heterocycles. The lowest BCUT2D eigenvalue weighted by molar-refractivity contribution is 0.322. The van der Waals surface area contributed by atoms with Crippen molar-refractivity contribution >= 4 is 5.69 Å². The topological polar surface area (TPSA) is 39.7 Å². The van der Waals surface area contributed by atoms with E-state index in [2.05, 4.69) is 17.4 Å². The average Bonchev–Trinajstić information content (AvgIpc) is 2.73. The van der Waals surface area contributed by atoms with Gasteiger partial charge in [0.05, 0.1) is 13.7 Å². The largest absolute Gasteiger partial charge is 0.497 e. The van der Waals surface area contributed by atoms with Gasteiger partial charge in [-0.1, -0.05) is 36.4 Å². The molecule has 0 spiro atoms. The number of rotatable bonds is 10. The summed E-state index contributed by atoms with van der Waals surface area (Å²) in [5.74, 6) is 2.52. The van der Waals surface area contributed by atoms with E-state index in [-0.39, 0.29) is 0 Å². The normalized spacial score (nSPS) is 10.3. The quantitative estimate of drug-likeness (QED) is 0.525. The van der Waals surface area contributed by atoms with Crippen molar-refractivity contribution in [2.75, 3.05) is 32.2 Å². The highest BCUT2D eigenvalue weighted by Gasteiger charge is 1.99. The van der Waals surface area contributed by atoms with E-state index in [4.69, 9.17) is 14.2 Å². The maximum Gasteiger partial charge on any atom is 0.121 e. The van der Waals surface area contributed by atoms with Gasteiger partial charge in [0.2, 0.25) is 0 Å². The highest BCUT2D eigenvalue weighted by Crippen LogP contribution is 2.19. The molecule has 27 heavy (non-hydrogen) atoms. The summed E-state index contributed by atoms with van der Waals surface area (Å²) >= 11 is 0. The van der Waals surface area contributed by atoms with E-state index in [0.29, 0.717) is 19.8 Å². The molecule has 0 aliphatic carbocycles. The van der Waals surface area contributed by atoms with Crippen molar-refractivity contribution in [3.8, 4) is 17.2 Å². The summed E-state index contributed by atoms with van der Waals surface area (Å²) in [5.41, 5.74) is 2.30. The third-order valence-electron chi connectivity index (χ3n) is 4.10. The second-order valence-electron chi connectivity index (χ2n) is 6.06. The zero-order chi connectivity index (χ0) is 18.7. The molecule has 140 valence electrons. The monoisotopic (exact) mass is 363 g/mol. The number of hydrogen-bond acceptors (Lipinski definition) is 4. The molecular formula is C23H25NO3. The highest BCUT2D eigenvalue weighted by atomic mass is 16.5. The zero-order valence-electron chi connectivity index (χ0n) is 15.6. The summed E-state index contributed by atoms with van der Waals surface area (Å²) in [6, 6.07) is 25.9. The molecule has 3 aromatic rings. The van der Waals surface area contributed by atoms with Gasteiger partial charge < -0.3 is 19.5 Å². The van der Waals surface area contributed by atoms with Crippen molar-refractivity contribution in [1.29, 1.82) is 0 Å². The number of anilines is 1. The van der Waals surface area contributed by atoms with E-state index in [9.17, 15) is 0 Å². The Balaban J connectivity index is 1.39. The lowest BCUT2D eigenvalue weighted by atomic mass is 10.2. The van der Waals surface area contributed by atoms with Crippen LogP contribution in [0, 0.1) is 0 Å². The van der Waals surface area contributed by atoms with Gasteiger partial charge >= 0.3 is 0 Å². The molecule has 0 bridgehead atoms. The van der Waals surface area contributed by atoms with Crippen LogP contribution >= 0.6 is 0 Å². The third kappa shape index (κ3) is 6.26. The third-order valence-corrected chi connectivity index (χ3v) is 4.10. The molecule has 0 unspecified atom stereocenters. The van der Waals surface area contributed by atoms with Gasteiger partial charge in [0, 0.05) is 24.7 Å². The molecule has 4 heteroatoms. The number of benzene rings is 3. The first-order valence-electron chi connectivity index (χ1n) is 9.11. The molecule has 0 fully saturated rings. The van der Waals surface area contributed by atoms with Crippen LogP contribution in [0.15, 0.2) is 78.9 Å². The highest BCUT2D eigenvalue weighted by molar-refractivity contribution is 5.48. The zero-order valence-corrected chi connectivity index (χ0v) is 15.6. The predicted molar refractivity (Wildman–Crippen MR) is 109 cm³/mol. The van der Waals surface area contributed by atoms with Crippen molar-refractivity contribution in [2.24, 2.45) is 0 Å². The fourth-order valence-corrected chi connectivity index (χ4v) is 2.66. The number of methoxy groups -OCH3 is 1. The summed E-state index contributed by atoms with van der Waals surface area (Å²) in [5, 5.41) is 3.36. The molecule has 0 amide bonds. The van der Waals surface area contributed by atoms with E-state index in [0.717, 1.165) is 29.4 Å². The molecule has 0 aliphatic rings. The Kier molecular flexibility index (Phi) is 6.99. The smallest absolute Gasteiger partial charge is 0.121 e. The van der Waals surface area contributed by atoms with Gasteiger partial charge in [-0.3, -0.25) is 0 Å². The van der Waals surface area contributed by atoms with Gasteiger partial charge in [0.1, 0.15) is 23.9 Å². The van der Waals surface area contributed by atoms with Crippen LogP contribution < -0.4 is 19.5 Å². The summed E-state index contributed by atoms with van der Waals surface area (Å²) in [4.78, 5) is 0. The molecule has 0 saturated heterocycles. The van der Waals surface area contributed by atoms with Gasteiger partial charge in [-0.15, -0.1) is 0 Å². The van der Waals surface area contributed by atoms with E-state index < -0.39 is 0 Å². The first-order valence-corrected chi connectivity index (χ1v) is 9.11. The van der Waals surface area contributed by atoms with Crippen molar-refractivity contribution in [1.82, 2.24) is 0 Å². The van der Waals surface area contributed by atoms with Crippen LogP contribution in [-0.4, -0.2) is 26.9 Å².